The molecule has 0 aliphatic carbocycles. The summed E-state index contributed by atoms with van der Waals surface area (Å²) < 4.78 is 9.90. The maximum Gasteiger partial charge on any atom is 0.341 e. The van der Waals surface area contributed by atoms with Crippen molar-refractivity contribution in [2.75, 3.05) is 19.0 Å². The van der Waals surface area contributed by atoms with Crippen LogP contribution in [0.3, 0.4) is 0 Å². The predicted molar refractivity (Wildman–Crippen MR) is 58.6 cm³/mol. The van der Waals surface area contributed by atoms with Crippen LogP contribution in [0.5, 0.6) is 5.75 Å². The van der Waals surface area contributed by atoms with Crippen LogP contribution in [0.15, 0.2) is 18.2 Å². The van der Waals surface area contributed by atoms with E-state index in [1.165, 1.54) is 7.11 Å². The van der Waals surface area contributed by atoms with Crippen molar-refractivity contribution in [1.29, 1.82) is 0 Å². The summed E-state index contributed by atoms with van der Waals surface area (Å²) in [6, 6.07) is 4.72. The number of benzene rings is 1. The summed E-state index contributed by atoms with van der Waals surface area (Å²) >= 11 is 0. The van der Waals surface area contributed by atoms with Crippen LogP contribution in [0.1, 0.15) is 17.3 Å². The molecule has 1 amide bonds. The Morgan fingerprint density at radius 2 is 2.25 bits per heavy atom. The highest BCUT2D eigenvalue weighted by Crippen LogP contribution is 2.23. The quantitative estimate of drug-likeness (QED) is 0.606. The Labute approximate surface area is 93.4 Å². The fourth-order valence-corrected chi connectivity index (χ4v) is 1.23. The van der Waals surface area contributed by atoms with Crippen molar-refractivity contribution in [3.63, 3.8) is 0 Å². The Kier molecular flexibility index (Phi) is 4.32. The third-order valence-corrected chi connectivity index (χ3v) is 1.91. The molecular weight excluding hydrogens is 210 g/mol. The van der Waals surface area contributed by atoms with Gasteiger partial charge in [0.15, 0.2) is 0 Å². The highest BCUT2D eigenvalue weighted by molar-refractivity contribution is 5.93. The summed E-state index contributed by atoms with van der Waals surface area (Å²) in [6.07, 6.45) is 0.558. The average Bonchev–Trinajstić information content (AvgIpc) is 2.29. The van der Waals surface area contributed by atoms with Gasteiger partial charge in [-0.15, -0.1) is 0 Å². The number of amides is 1. The molecule has 5 nitrogen and oxygen atoms in total. The number of carbonyl (C=O) groups excluding carboxylic acids is 2. The molecule has 5 heteroatoms. The number of ether oxygens (including phenoxy) is 2. The van der Waals surface area contributed by atoms with E-state index < -0.39 is 5.97 Å². The first-order chi connectivity index (χ1) is 7.72. The number of methoxy groups -OCH3 is 1. The molecule has 0 spiro atoms. The smallest absolute Gasteiger partial charge is 0.341 e. The van der Waals surface area contributed by atoms with Gasteiger partial charge in [-0.1, -0.05) is 0 Å². The molecular formula is C11H13NO4. The van der Waals surface area contributed by atoms with Gasteiger partial charge in [-0.2, -0.15) is 0 Å². The number of carbonyl (C=O) groups is 2. The van der Waals surface area contributed by atoms with Gasteiger partial charge in [0.25, 0.3) is 0 Å². The Bertz CT molecular complexity index is 390. The van der Waals surface area contributed by atoms with Crippen molar-refractivity contribution in [3.8, 4) is 5.75 Å². The molecule has 1 aromatic carbocycles. The van der Waals surface area contributed by atoms with Crippen LogP contribution in [-0.2, 0) is 9.53 Å². The molecule has 0 saturated heterocycles. The highest BCUT2D eigenvalue weighted by atomic mass is 16.5. The molecule has 0 bridgehead atoms. The number of esters is 1. The van der Waals surface area contributed by atoms with Crippen molar-refractivity contribution in [2.45, 2.75) is 6.92 Å². The summed E-state index contributed by atoms with van der Waals surface area (Å²) in [7, 11) is 1.30. The van der Waals surface area contributed by atoms with Gasteiger partial charge in [0.05, 0.1) is 13.7 Å². The molecule has 0 aliphatic heterocycles. The summed E-state index contributed by atoms with van der Waals surface area (Å²) in [6.45, 7) is 2.23. The second-order valence-electron chi connectivity index (χ2n) is 2.90. The van der Waals surface area contributed by atoms with Crippen LogP contribution >= 0.6 is 0 Å². The van der Waals surface area contributed by atoms with Crippen molar-refractivity contribution < 1.29 is 19.1 Å². The van der Waals surface area contributed by atoms with Gasteiger partial charge in [0.1, 0.15) is 11.3 Å². The van der Waals surface area contributed by atoms with E-state index in [1.807, 2.05) is 0 Å². The van der Waals surface area contributed by atoms with Crippen LogP contribution in [0.25, 0.3) is 0 Å². The Morgan fingerprint density at radius 3 is 2.81 bits per heavy atom. The molecule has 0 aliphatic rings. The monoisotopic (exact) mass is 223 g/mol. The van der Waals surface area contributed by atoms with Crippen molar-refractivity contribution in [2.24, 2.45) is 0 Å². The van der Waals surface area contributed by atoms with Gasteiger partial charge in [-0.05, 0) is 19.1 Å². The maximum absolute atomic E-state index is 11.4. The van der Waals surface area contributed by atoms with E-state index in [2.05, 4.69) is 10.1 Å². The number of hydrogen-bond acceptors (Lipinski definition) is 4. The summed E-state index contributed by atoms with van der Waals surface area (Å²) in [5, 5.41) is 2.48. The van der Waals surface area contributed by atoms with Crippen LogP contribution in [0, 0.1) is 0 Å². The molecule has 1 aromatic rings. The van der Waals surface area contributed by atoms with Gasteiger partial charge < -0.3 is 14.8 Å². The minimum atomic E-state index is -0.471. The van der Waals surface area contributed by atoms with E-state index in [-0.39, 0.29) is 0 Å². The van der Waals surface area contributed by atoms with Crippen LogP contribution in [0.2, 0.25) is 0 Å². The minimum absolute atomic E-state index is 0.334. The lowest BCUT2D eigenvalue weighted by atomic mass is 10.2. The fraction of sp³-hybridized carbons (Fsp3) is 0.273. The standard InChI is InChI=1S/C11H13NO4/c1-3-16-10-6-8(12-7-13)4-5-9(10)11(14)15-2/h4-7H,3H2,1-2H3,(H,12,13). The van der Waals surface area contributed by atoms with Gasteiger partial charge in [0.2, 0.25) is 6.41 Å². The fourth-order valence-electron chi connectivity index (χ4n) is 1.23. The number of anilines is 1. The van der Waals surface area contributed by atoms with Gasteiger partial charge in [-0.3, -0.25) is 4.79 Å². The average molecular weight is 223 g/mol. The molecule has 16 heavy (non-hydrogen) atoms. The molecule has 0 fully saturated rings. The zero-order chi connectivity index (χ0) is 12.0. The number of rotatable bonds is 5. The van der Waals surface area contributed by atoms with Gasteiger partial charge >= 0.3 is 5.97 Å². The minimum Gasteiger partial charge on any atom is -0.493 e. The van der Waals surface area contributed by atoms with Gasteiger partial charge in [0, 0.05) is 11.8 Å². The summed E-state index contributed by atoms with van der Waals surface area (Å²) in [5.41, 5.74) is 0.895. The largest absolute Gasteiger partial charge is 0.493 e. The Morgan fingerprint density at radius 1 is 1.50 bits per heavy atom. The first kappa shape index (κ1) is 12.0. The first-order valence-electron chi connectivity index (χ1n) is 4.78. The molecule has 0 atom stereocenters. The zero-order valence-corrected chi connectivity index (χ0v) is 9.15. The first-order valence-corrected chi connectivity index (χ1v) is 4.78. The van der Waals surface area contributed by atoms with Crippen LogP contribution in [-0.4, -0.2) is 26.1 Å². The Hall–Kier alpha value is -2.04. The molecule has 1 N–H and O–H groups in total. The third-order valence-electron chi connectivity index (χ3n) is 1.91. The number of nitrogens with one attached hydrogen (secondary N) is 1. The predicted octanol–water partition coefficient (Wildman–Crippen LogP) is 1.44. The van der Waals surface area contributed by atoms with E-state index in [0.29, 0.717) is 30.0 Å². The molecule has 0 aromatic heterocycles. The van der Waals surface area contributed by atoms with E-state index in [1.54, 1.807) is 25.1 Å². The van der Waals surface area contributed by atoms with Crippen molar-refractivity contribution in [1.82, 2.24) is 0 Å². The second-order valence-corrected chi connectivity index (χ2v) is 2.90. The molecule has 0 unspecified atom stereocenters. The number of hydrogen-bond donors (Lipinski definition) is 1. The second kappa shape index (κ2) is 5.75. The van der Waals surface area contributed by atoms with E-state index in [0.717, 1.165) is 0 Å². The molecule has 0 radical (unpaired) electrons. The highest BCUT2D eigenvalue weighted by Gasteiger charge is 2.13. The van der Waals surface area contributed by atoms with Crippen LogP contribution < -0.4 is 10.1 Å². The van der Waals surface area contributed by atoms with E-state index in [4.69, 9.17) is 4.74 Å². The lowest BCUT2D eigenvalue weighted by molar-refractivity contribution is -0.105. The zero-order valence-electron chi connectivity index (χ0n) is 9.15. The lowest BCUT2D eigenvalue weighted by Crippen LogP contribution is -2.06. The molecule has 1 rings (SSSR count). The molecule has 0 heterocycles. The summed E-state index contributed by atoms with van der Waals surface area (Å²) in [4.78, 5) is 21.7. The topological polar surface area (TPSA) is 64.6 Å². The molecule has 0 saturated carbocycles. The van der Waals surface area contributed by atoms with Crippen molar-refractivity contribution >= 4 is 18.1 Å². The SMILES string of the molecule is CCOc1cc(NC=O)ccc1C(=O)OC. The maximum atomic E-state index is 11.4. The molecule has 86 valence electrons. The summed E-state index contributed by atoms with van der Waals surface area (Å²) in [5.74, 6) is -0.0812. The van der Waals surface area contributed by atoms with Crippen LogP contribution in [0.4, 0.5) is 5.69 Å². The normalized spacial score (nSPS) is 9.38. The van der Waals surface area contributed by atoms with E-state index >= 15 is 0 Å². The Balaban J connectivity index is 3.07. The lowest BCUT2D eigenvalue weighted by Gasteiger charge is -2.10. The van der Waals surface area contributed by atoms with E-state index in [9.17, 15) is 9.59 Å². The van der Waals surface area contributed by atoms with Gasteiger partial charge in [-0.25, -0.2) is 4.79 Å². The third kappa shape index (κ3) is 2.73. The van der Waals surface area contributed by atoms with Crippen molar-refractivity contribution in [3.05, 3.63) is 23.8 Å².